The summed E-state index contributed by atoms with van der Waals surface area (Å²) < 4.78 is 16.3. The third kappa shape index (κ3) is 3.55. The number of carbonyl (C=O) groups excluding carboxylic acids is 2. The number of para-hydroxylation sites is 2. The Morgan fingerprint density at radius 2 is 1.72 bits per heavy atom. The van der Waals surface area contributed by atoms with Crippen LogP contribution in [0.4, 0.5) is 0 Å². The maximum Gasteiger partial charge on any atom is 0.374 e. The SMILES string of the molecule is CC(=O)c1ccccc1OCCOC(=O)c1oc2ccccc2c1C. The van der Waals surface area contributed by atoms with Crippen molar-refractivity contribution in [3.05, 3.63) is 65.4 Å². The van der Waals surface area contributed by atoms with Crippen molar-refractivity contribution in [2.24, 2.45) is 0 Å². The Morgan fingerprint density at radius 3 is 2.48 bits per heavy atom. The molecule has 0 N–H and O–H groups in total. The van der Waals surface area contributed by atoms with E-state index in [4.69, 9.17) is 13.9 Å². The van der Waals surface area contributed by atoms with Gasteiger partial charge in [-0.25, -0.2) is 4.79 Å². The maximum absolute atomic E-state index is 12.2. The maximum atomic E-state index is 12.2. The molecule has 2 aromatic carbocycles. The summed E-state index contributed by atoms with van der Waals surface area (Å²) in [5.41, 5.74) is 1.91. The molecule has 1 heterocycles. The van der Waals surface area contributed by atoms with E-state index in [9.17, 15) is 9.59 Å². The van der Waals surface area contributed by atoms with Gasteiger partial charge < -0.3 is 13.9 Å². The highest BCUT2D eigenvalue weighted by atomic mass is 16.6. The quantitative estimate of drug-likeness (QED) is 0.383. The van der Waals surface area contributed by atoms with E-state index in [1.165, 1.54) is 6.92 Å². The molecule has 5 heteroatoms. The highest BCUT2D eigenvalue weighted by Gasteiger charge is 2.18. The zero-order valence-electron chi connectivity index (χ0n) is 14.1. The van der Waals surface area contributed by atoms with Gasteiger partial charge in [0.15, 0.2) is 5.78 Å². The zero-order valence-corrected chi connectivity index (χ0v) is 14.1. The second-order valence-corrected chi connectivity index (χ2v) is 5.59. The molecule has 1 aromatic heterocycles. The van der Waals surface area contributed by atoms with Crippen LogP contribution in [-0.2, 0) is 4.74 Å². The predicted octanol–water partition coefficient (Wildman–Crippen LogP) is 4.18. The number of hydrogen-bond acceptors (Lipinski definition) is 5. The van der Waals surface area contributed by atoms with E-state index < -0.39 is 5.97 Å². The molecule has 25 heavy (non-hydrogen) atoms. The number of ketones is 1. The average Bonchev–Trinajstić information content (AvgIpc) is 2.96. The van der Waals surface area contributed by atoms with Crippen molar-refractivity contribution in [1.82, 2.24) is 0 Å². The molecular formula is C20H18O5. The van der Waals surface area contributed by atoms with Gasteiger partial charge in [-0.1, -0.05) is 30.3 Å². The van der Waals surface area contributed by atoms with E-state index in [0.29, 0.717) is 16.9 Å². The molecule has 0 amide bonds. The summed E-state index contributed by atoms with van der Waals surface area (Å²) in [6.45, 7) is 3.51. The Balaban J connectivity index is 1.60. The second kappa shape index (κ2) is 7.21. The van der Waals surface area contributed by atoms with Crippen LogP contribution in [0, 0.1) is 6.92 Å². The van der Waals surface area contributed by atoms with E-state index in [2.05, 4.69) is 0 Å². The lowest BCUT2D eigenvalue weighted by Gasteiger charge is -2.09. The van der Waals surface area contributed by atoms with Crippen LogP contribution in [-0.4, -0.2) is 25.0 Å². The summed E-state index contributed by atoms with van der Waals surface area (Å²) >= 11 is 0. The molecule has 3 rings (SSSR count). The molecule has 0 spiro atoms. The highest BCUT2D eigenvalue weighted by Crippen LogP contribution is 2.25. The van der Waals surface area contributed by atoms with Crippen LogP contribution in [0.15, 0.2) is 52.9 Å². The van der Waals surface area contributed by atoms with Crippen molar-refractivity contribution >= 4 is 22.7 Å². The lowest BCUT2D eigenvalue weighted by Crippen LogP contribution is -2.13. The van der Waals surface area contributed by atoms with Crippen LogP contribution in [0.5, 0.6) is 5.75 Å². The van der Waals surface area contributed by atoms with Gasteiger partial charge in [-0.15, -0.1) is 0 Å². The third-order valence-electron chi connectivity index (χ3n) is 3.87. The van der Waals surface area contributed by atoms with E-state index >= 15 is 0 Å². The Hall–Kier alpha value is -3.08. The number of ether oxygens (including phenoxy) is 2. The Morgan fingerprint density at radius 1 is 1.00 bits per heavy atom. The first kappa shape index (κ1) is 16.8. The molecule has 0 aliphatic heterocycles. The number of hydrogen-bond donors (Lipinski definition) is 0. The third-order valence-corrected chi connectivity index (χ3v) is 3.87. The lowest BCUT2D eigenvalue weighted by molar-refractivity contribution is 0.0415. The molecule has 128 valence electrons. The molecule has 0 unspecified atom stereocenters. The van der Waals surface area contributed by atoms with Crippen LogP contribution in [0.25, 0.3) is 11.0 Å². The first-order valence-corrected chi connectivity index (χ1v) is 7.96. The van der Waals surface area contributed by atoms with Gasteiger partial charge in [0.05, 0.1) is 5.56 Å². The molecule has 0 atom stereocenters. The average molecular weight is 338 g/mol. The van der Waals surface area contributed by atoms with Crippen LogP contribution >= 0.6 is 0 Å². The van der Waals surface area contributed by atoms with Gasteiger partial charge in [-0.2, -0.15) is 0 Å². The van der Waals surface area contributed by atoms with Crippen LogP contribution in [0.1, 0.15) is 33.4 Å². The normalized spacial score (nSPS) is 10.6. The van der Waals surface area contributed by atoms with Crippen LogP contribution < -0.4 is 4.74 Å². The minimum Gasteiger partial charge on any atom is -0.489 e. The summed E-state index contributed by atoms with van der Waals surface area (Å²) in [4.78, 5) is 23.7. The van der Waals surface area contributed by atoms with Gasteiger partial charge in [-0.3, -0.25) is 4.79 Å². The monoisotopic (exact) mass is 338 g/mol. The summed E-state index contributed by atoms with van der Waals surface area (Å²) in [5.74, 6) is 0.0685. The molecule has 3 aromatic rings. The standard InChI is InChI=1S/C20H18O5/c1-13-15-7-3-6-10-18(15)25-19(13)20(22)24-12-11-23-17-9-5-4-8-16(17)14(2)21/h3-10H,11-12H2,1-2H3. The van der Waals surface area contributed by atoms with Crippen molar-refractivity contribution in [2.45, 2.75) is 13.8 Å². The number of benzene rings is 2. The molecule has 0 saturated carbocycles. The van der Waals surface area contributed by atoms with Gasteiger partial charge in [-0.05, 0) is 32.0 Å². The number of rotatable bonds is 6. The molecule has 0 bridgehead atoms. The van der Waals surface area contributed by atoms with Crippen molar-refractivity contribution in [3.63, 3.8) is 0 Å². The fraction of sp³-hybridized carbons (Fsp3) is 0.200. The lowest BCUT2D eigenvalue weighted by atomic mass is 10.1. The summed E-state index contributed by atoms with van der Waals surface area (Å²) in [7, 11) is 0. The van der Waals surface area contributed by atoms with Gasteiger partial charge in [0.2, 0.25) is 5.76 Å². The molecular weight excluding hydrogens is 320 g/mol. The van der Waals surface area contributed by atoms with Gasteiger partial charge in [0, 0.05) is 10.9 Å². The number of aryl methyl sites for hydroxylation is 1. The first-order chi connectivity index (χ1) is 12.1. The number of Topliss-reactive ketones (excluding diaryl/α,β-unsaturated/α-hetero) is 1. The summed E-state index contributed by atoms with van der Waals surface area (Å²) in [6, 6.07) is 14.4. The first-order valence-electron chi connectivity index (χ1n) is 7.96. The van der Waals surface area contributed by atoms with Crippen molar-refractivity contribution in [2.75, 3.05) is 13.2 Å². The van der Waals surface area contributed by atoms with E-state index in [1.807, 2.05) is 25.1 Å². The molecule has 0 saturated heterocycles. The minimum atomic E-state index is -0.530. The smallest absolute Gasteiger partial charge is 0.374 e. The Kier molecular flexibility index (Phi) is 4.84. The van der Waals surface area contributed by atoms with E-state index in [1.54, 1.807) is 30.3 Å². The van der Waals surface area contributed by atoms with Crippen LogP contribution in [0.2, 0.25) is 0 Å². The molecule has 0 fully saturated rings. The fourth-order valence-corrected chi connectivity index (χ4v) is 2.60. The van der Waals surface area contributed by atoms with Gasteiger partial charge >= 0.3 is 5.97 Å². The highest BCUT2D eigenvalue weighted by molar-refractivity contribution is 5.97. The van der Waals surface area contributed by atoms with E-state index in [-0.39, 0.29) is 24.8 Å². The fourth-order valence-electron chi connectivity index (χ4n) is 2.60. The van der Waals surface area contributed by atoms with Crippen molar-refractivity contribution in [3.8, 4) is 5.75 Å². The number of carbonyl (C=O) groups is 2. The topological polar surface area (TPSA) is 65.7 Å². The second-order valence-electron chi connectivity index (χ2n) is 5.59. The van der Waals surface area contributed by atoms with Gasteiger partial charge in [0.1, 0.15) is 24.5 Å². The number of furan rings is 1. The largest absolute Gasteiger partial charge is 0.489 e. The molecule has 0 radical (unpaired) electrons. The molecule has 0 aliphatic carbocycles. The zero-order chi connectivity index (χ0) is 17.8. The predicted molar refractivity (Wildman–Crippen MR) is 93.2 cm³/mol. The molecule has 0 aliphatic rings. The number of fused-ring (bicyclic) bond motifs is 1. The van der Waals surface area contributed by atoms with E-state index in [0.717, 1.165) is 10.9 Å². The summed E-state index contributed by atoms with van der Waals surface area (Å²) in [5, 5.41) is 0.890. The summed E-state index contributed by atoms with van der Waals surface area (Å²) in [6.07, 6.45) is 0. The van der Waals surface area contributed by atoms with Crippen molar-refractivity contribution < 1.29 is 23.5 Å². The Labute approximate surface area is 145 Å². The Bertz CT molecular complexity index is 923. The minimum absolute atomic E-state index is 0.0571. The molecule has 5 nitrogen and oxygen atoms in total. The van der Waals surface area contributed by atoms with Gasteiger partial charge in [0.25, 0.3) is 0 Å². The number of esters is 1. The van der Waals surface area contributed by atoms with Crippen LogP contribution in [0.3, 0.4) is 0 Å². The van der Waals surface area contributed by atoms with Crippen molar-refractivity contribution in [1.29, 1.82) is 0 Å².